The van der Waals surface area contributed by atoms with Gasteiger partial charge in [0.15, 0.2) is 0 Å². The number of nitro groups is 1. The molecule has 1 atom stereocenters. The Hall–Kier alpha value is -3.48. The molecule has 1 amide bonds. The molecule has 7 heteroatoms. The van der Waals surface area contributed by atoms with E-state index in [1.165, 1.54) is 17.1 Å². The van der Waals surface area contributed by atoms with Crippen LogP contribution in [0.1, 0.15) is 34.5 Å². The minimum absolute atomic E-state index is 0.0455. The molecule has 0 aliphatic carbocycles. The van der Waals surface area contributed by atoms with Gasteiger partial charge in [0.25, 0.3) is 5.91 Å². The third-order valence-corrected chi connectivity index (χ3v) is 4.04. The van der Waals surface area contributed by atoms with Gasteiger partial charge in [-0.15, -0.1) is 0 Å². The van der Waals surface area contributed by atoms with Gasteiger partial charge in [0.2, 0.25) is 0 Å². The first-order valence-electron chi connectivity index (χ1n) is 8.14. The van der Waals surface area contributed by atoms with E-state index < -0.39 is 4.92 Å². The Morgan fingerprint density at radius 1 is 1.19 bits per heavy atom. The Bertz CT molecular complexity index is 904. The van der Waals surface area contributed by atoms with Crippen LogP contribution in [0.3, 0.4) is 0 Å². The number of carbonyl (C=O) groups is 1. The van der Waals surface area contributed by atoms with Gasteiger partial charge in [-0.2, -0.15) is 5.10 Å². The fourth-order valence-electron chi connectivity index (χ4n) is 2.59. The Morgan fingerprint density at radius 3 is 2.50 bits per heavy atom. The number of aromatic nitrogens is 2. The molecule has 132 valence electrons. The van der Waals surface area contributed by atoms with E-state index in [0.29, 0.717) is 12.1 Å². The minimum atomic E-state index is -0.481. The lowest BCUT2D eigenvalue weighted by atomic mass is 10.1. The minimum Gasteiger partial charge on any atom is -0.346 e. The highest BCUT2D eigenvalue weighted by Crippen LogP contribution is 2.14. The van der Waals surface area contributed by atoms with Crippen LogP contribution in [0, 0.1) is 10.1 Å². The van der Waals surface area contributed by atoms with E-state index in [9.17, 15) is 14.9 Å². The van der Waals surface area contributed by atoms with Crippen LogP contribution in [0.5, 0.6) is 0 Å². The molecule has 0 spiro atoms. The molecular formula is C19H18N4O3. The molecular weight excluding hydrogens is 332 g/mol. The molecule has 3 aromatic rings. The van der Waals surface area contributed by atoms with Crippen LogP contribution in [0.4, 0.5) is 5.69 Å². The first kappa shape index (κ1) is 17.3. The van der Waals surface area contributed by atoms with E-state index in [1.54, 1.807) is 12.1 Å². The summed E-state index contributed by atoms with van der Waals surface area (Å²) in [6.07, 6.45) is 2.59. The monoisotopic (exact) mass is 350 g/mol. The highest BCUT2D eigenvalue weighted by molar-refractivity contribution is 5.94. The lowest BCUT2D eigenvalue weighted by Crippen LogP contribution is -2.26. The van der Waals surface area contributed by atoms with Crippen molar-refractivity contribution in [3.63, 3.8) is 0 Å². The van der Waals surface area contributed by atoms with E-state index in [2.05, 4.69) is 10.4 Å². The van der Waals surface area contributed by atoms with E-state index in [4.69, 9.17) is 0 Å². The summed E-state index contributed by atoms with van der Waals surface area (Å²) < 4.78 is 1.49. The van der Waals surface area contributed by atoms with Gasteiger partial charge in [-0.25, -0.2) is 0 Å². The van der Waals surface area contributed by atoms with Crippen LogP contribution in [-0.4, -0.2) is 20.6 Å². The van der Waals surface area contributed by atoms with E-state index in [1.807, 2.05) is 49.4 Å². The molecule has 0 aliphatic rings. The highest BCUT2D eigenvalue weighted by atomic mass is 16.6. The maximum atomic E-state index is 12.4. The van der Waals surface area contributed by atoms with Crippen molar-refractivity contribution < 1.29 is 9.72 Å². The third-order valence-electron chi connectivity index (χ3n) is 4.04. The number of hydrogen-bond donors (Lipinski definition) is 1. The van der Waals surface area contributed by atoms with Crippen molar-refractivity contribution in [1.82, 2.24) is 15.1 Å². The number of nitrogens with one attached hydrogen (secondary N) is 1. The van der Waals surface area contributed by atoms with Gasteiger partial charge in [-0.1, -0.05) is 42.5 Å². The summed E-state index contributed by atoms with van der Waals surface area (Å²) in [6, 6.07) is 16.8. The lowest BCUT2D eigenvalue weighted by molar-refractivity contribution is -0.385. The van der Waals surface area contributed by atoms with E-state index >= 15 is 0 Å². The lowest BCUT2D eigenvalue weighted by Gasteiger charge is -2.14. The summed E-state index contributed by atoms with van der Waals surface area (Å²) in [7, 11) is 0. The normalized spacial score (nSPS) is 11.7. The highest BCUT2D eigenvalue weighted by Gasteiger charge is 2.12. The van der Waals surface area contributed by atoms with Gasteiger partial charge in [-0.3, -0.25) is 19.6 Å². The summed E-state index contributed by atoms with van der Waals surface area (Å²) in [5.41, 5.74) is 2.45. The standard InChI is InChI=1S/C19H18N4O3/c1-14(16-5-3-2-4-6-16)21-19(24)17-9-7-15(8-10-17)12-22-13-18(11-20-22)23(25)26/h2-11,13-14H,12H2,1H3,(H,21,24)/t14-/m1/s1. The summed E-state index contributed by atoms with van der Waals surface area (Å²) in [5, 5.41) is 17.6. The molecule has 7 nitrogen and oxygen atoms in total. The Balaban J connectivity index is 1.63. The molecule has 26 heavy (non-hydrogen) atoms. The predicted molar refractivity (Wildman–Crippen MR) is 96.7 cm³/mol. The van der Waals surface area contributed by atoms with Gasteiger partial charge in [-0.05, 0) is 30.2 Å². The van der Waals surface area contributed by atoms with Crippen molar-refractivity contribution in [2.75, 3.05) is 0 Å². The summed E-state index contributed by atoms with van der Waals surface area (Å²) in [4.78, 5) is 22.6. The second-order valence-electron chi connectivity index (χ2n) is 5.96. The van der Waals surface area contributed by atoms with Crippen LogP contribution < -0.4 is 5.32 Å². The number of rotatable bonds is 6. The predicted octanol–water partition coefficient (Wildman–Crippen LogP) is 3.33. The zero-order valence-corrected chi connectivity index (χ0v) is 14.2. The van der Waals surface area contributed by atoms with Crippen LogP contribution in [-0.2, 0) is 6.54 Å². The van der Waals surface area contributed by atoms with Gasteiger partial charge < -0.3 is 5.32 Å². The van der Waals surface area contributed by atoms with Crippen LogP contribution in [0.15, 0.2) is 67.0 Å². The maximum Gasteiger partial charge on any atom is 0.307 e. The van der Waals surface area contributed by atoms with E-state index in [0.717, 1.165) is 11.1 Å². The quantitative estimate of drug-likeness (QED) is 0.545. The molecule has 1 aromatic heterocycles. The smallest absolute Gasteiger partial charge is 0.307 e. The van der Waals surface area contributed by atoms with Crippen LogP contribution >= 0.6 is 0 Å². The fraction of sp³-hybridized carbons (Fsp3) is 0.158. The average Bonchev–Trinajstić information content (AvgIpc) is 3.12. The van der Waals surface area contributed by atoms with Crippen LogP contribution in [0.25, 0.3) is 0 Å². The Kier molecular flexibility index (Phi) is 5.07. The molecule has 2 aromatic carbocycles. The zero-order valence-electron chi connectivity index (χ0n) is 14.2. The average molecular weight is 350 g/mol. The van der Waals surface area contributed by atoms with Crippen LogP contribution in [0.2, 0.25) is 0 Å². The SMILES string of the molecule is C[C@@H](NC(=O)c1ccc(Cn2cc([N+](=O)[O-])cn2)cc1)c1ccccc1. The molecule has 0 radical (unpaired) electrons. The molecule has 0 aliphatic heterocycles. The van der Waals surface area contributed by atoms with Crippen molar-refractivity contribution in [3.05, 3.63) is 93.8 Å². The van der Waals surface area contributed by atoms with Crippen molar-refractivity contribution in [2.45, 2.75) is 19.5 Å². The van der Waals surface area contributed by atoms with Crippen molar-refractivity contribution in [3.8, 4) is 0 Å². The molecule has 1 heterocycles. The molecule has 0 fully saturated rings. The topological polar surface area (TPSA) is 90.1 Å². The Labute approximate surface area is 150 Å². The van der Waals surface area contributed by atoms with Crippen molar-refractivity contribution in [1.29, 1.82) is 0 Å². The fourth-order valence-corrected chi connectivity index (χ4v) is 2.59. The summed E-state index contributed by atoms with van der Waals surface area (Å²) in [5.74, 6) is -0.150. The number of nitrogens with zero attached hydrogens (tertiary/aromatic N) is 3. The molecule has 0 saturated heterocycles. The first-order valence-corrected chi connectivity index (χ1v) is 8.14. The molecule has 3 rings (SSSR count). The number of carbonyl (C=O) groups excluding carboxylic acids is 1. The Morgan fingerprint density at radius 2 is 1.88 bits per heavy atom. The van der Waals surface area contributed by atoms with Gasteiger partial charge >= 0.3 is 5.69 Å². The third kappa shape index (κ3) is 4.13. The largest absolute Gasteiger partial charge is 0.346 e. The molecule has 0 unspecified atom stereocenters. The number of benzene rings is 2. The molecule has 0 saturated carbocycles. The number of hydrogen-bond acceptors (Lipinski definition) is 4. The van der Waals surface area contributed by atoms with Crippen molar-refractivity contribution in [2.24, 2.45) is 0 Å². The molecule has 1 N–H and O–H groups in total. The van der Waals surface area contributed by atoms with Gasteiger partial charge in [0.05, 0.1) is 17.5 Å². The summed E-state index contributed by atoms with van der Waals surface area (Å²) >= 11 is 0. The van der Waals surface area contributed by atoms with Crippen molar-refractivity contribution >= 4 is 11.6 Å². The summed E-state index contributed by atoms with van der Waals surface area (Å²) in [6.45, 7) is 2.34. The van der Waals surface area contributed by atoms with E-state index in [-0.39, 0.29) is 17.6 Å². The zero-order chi connectivity index (χ0) is 18.5. The second kappa shape index (κ2) is 7.60. The van der Waals surface area contributed by atoms with Gasteiger partial charge in [0.1, 0.15) is 12.4 Å². The first-order chi connectivity index (χ1) is 12.5. The maximum absolute atomic E-state index is 12.4. The second-order valence-corrected chi connectivity index (χ2v) is 5.96. The number of amides is 1. The van der Waals surface area contributed by atoms with Gasteiger partial charge in [0, 0.05) is 5.56 Å². The molecule has 0 bridgehead atoms.